The van der Waals surface area contributed by atoms with Crippen LogP contribution >= 0.6 is 11.6 Å². The molecule has 17 heavy (non-hydrogen) atoms. The number of hydrogen-bond acceptors (Lipinski definition) is 2. The molecule has 0 fully saturated rings. The van der Waals surface area contributed by atoms with Gasteiger partial charge in [-0.2, -0.15) is 5.10 Å². The lowest BCUT2D eigenvalue weighted by Crippen LogP contribution is -1.92. The van der Waals surface area contributed by atoms with Gasteiger partial charge in [0.25, 0.3) is 0 Å². The Morgan fingerprint density at radius 3 is 2.47 bits per heavy atom. The van der Waals surface area contributed by atoms with Crippen LogP contribution in [-0.2, 0) is 0 Å². The number of halogens is 2. The average Bonchev–Trinajstić information content (AvgIpc) is 2.34. The lowest BCUT2D eigenvalue weighted by Gasteiger charge is -1.99. The fourth-order valence-corrected chi connectivity index (χ4v) is 1.41. The van der Waals surface area contributed by atoms with Crippen molar-refractivity contribution in [3.63, 3.8) is 0 Å². The Morgan fingerprint density at radius 1 is 1.06 bits per heavy atom. The van der Waals surface area contributed by atoms with Crippen LogP contribution in [0.4, 0.5) is 10.1 Å². The minimum absolute atomic E-state index is 0.297. The van der Waals surface area contributed by atoms with Crippen molar-refractivity contribution in [2.75, 3.05) is 5.43 Å². The van der Waals surface area contributed by atoms with Gasteiger partial charge < -0.3 is 0 Å². The van der Waals surface area contributed by atoms with Crippen molar-refractivity contribution in [1.29, 1.82) is 0 Å². The molecule has 86 valence electrons. The molecule has 0 aliphatic rings. The quantitative estimate of drug-likeness (QED) is 0.646. The van der Waals surface area contributed by atoms with Gasteiger partial charge in [0.05, 0.1) is 11.9 Å². The highest BCUT2D eigenvalue weighted by atomic mass is 35.5. The first kappa shape index (κ1) is 11.6. The molecule has 2 rings (SSSR count). The van der Waals surface area contributed by atoms with Crippen LogP contribution in [0.25, 0.3) is 0 Å². The molecule has 0 amide bonds. The van der Waals surface area contributed by atoms with Crippen molar-refractivity contribution >= 4 is 23.5 Å². The smallest absolute Gasteiger partial charge is 0.132 e. The van der Waals surface area contributed by atoms with Crippen molar-refractivity contribution in [3.8, 4) is 0 Å². The molecule has 0 saturated heterocycles. The molecule has 0 bridgehead atoms. The predicted octanol–water partition coefficient (Wildman–Crippen LogP) is 3.93. The molecule has 2 aromatic carbocycles. The largest absolute Gasteiger partial charge is 0.279 e. The van der Waals surface area contributed by atoms with Crippen LogP contribution in [0.15, 0.2) is 53.6 Å². The number of rotatable bonds is 3. The van der Waals surface area contributed by atoms with Gasteiger partial charge in [0.15, 0.2) is 0 Å². The fourth-order valence-electron chi connectivity index (χ4n) is 1.28. The van der Waals surface area contributed by atoms with E-state index in [-0.39, 0.29) is 5.82 Å². The predicted molar refractivity (Wildman–Crippen MR) is 69.1 cm³/mol. The van der Waals surface area contributed by atoms with Crippen molar-refractivity contribution < 1.29 is 4.39 Å². The highest BCUT2D eigenvalue weighted by Gasteiger charge is 1.95. The van der Waals surface area contributed by atoms with Crippen LogP contribution in [0, 0.1) is 5.82 Å². The highest BCUT2D eigenvalue weighted by Crippen LogP contribution is 2.13. The minimum atomic E-state index is -0.297. The molecular formula is C13H10ClFN2. The number of anilines is 1. The van der Waals surface area contributed by atoms with E-state index in [0.29, 0.717) is 10.6 Å². The second kappa shape index (κ2) is 5.46. The number of benzene rings is 2. The van der Waals surface area contributed by atoms with E-state index in [1.165, 1.54) is 12.3 Å². The maximum atomic E-state index is 13.2. The molecule has 0 spiro atoms. The fraction of sp³-hybridized carbons (Fsp3) is 0. The summed E-state index contributed by atoms with van der Waals surface area (Å²) in [5.41, 5.74) is 4.02. The molecule has 0 radical (unpaired) electrons. The Bertz CT molecular complexity index is 523. The van der Waals surface area contributed by atoms with Crippen LogP contribution < -0.4 is 5.43 Å². The summed E-state index contributed by atoms with van der Waals surface area (Å²) >= 11 is 5.75. The van der Waals surface area contributed by atoms with Crippen LogP contribution in [-0.4, -0.2) is 6.21 Å². The van der Waals surface area contributed by atoms with E-state index >= 15 is 0 Å². The normalized spacial score (nSPS) is 10.7. The third-order valence-electron chi connectivity index (χ3n) is 2.15. The minimum Gasteiger partial charge on any atom is -0.279 e. The first-order valence-electron chi connectivity index (χ1n) is 5.05. The highest BCUT2D eigenvalue weighted by molar-refractivity contribution is 6.30. The maximum absolute atomic E-state index is 13.2. The monoisotopic (exact) mass is 248 g/mol. The number of nitrogens with one attached hydrogen (secondary N) is 1. The zero-order valence-corrected chi connectivity index (χ0v) is 9.66. The van der Waals surface area contributed by atoms with Gasteiger partial charge in [-0.15, -0.1) is 0 Å². The molecule has 4 heteroatoms. The molecule has 0 aliphatic carbocycles. The van der Waals surface area contributed by atoms with Gasteiger partial charge in [-0.25, -0.2) is 4.39 Å². The summed E-state index contributed by atoms with van der Waals surface area (Å²) < 4.78 is 13.2. The van der Waals surface area contributed by atoms with Crippen molar-refractivity contribution in [1.82, 2.24) is 0 Å². The molecule has 0 heterocycles. The van der Waals surface area contributed by atoms with Gasteiger partial charge >= 0.3 is 0 Å². The summed E-state index contributed by atoms with van der Waals surface area (Å²) in [5, 5.41) is 4.61. The molecule has 0 aromatic heterocycles. The molecule has 0 unspecified atom stereocenters. The van der Waals surface area contributed by atoms with Crippen LogP contribution in [0.3, 0.4) is 0 Å². The van der Waals surface area contributed by atoms with Gasteiger partial charge in [-0.1, -0.05) is 29.8 Å². The third-order valence-corrected chi connectivity index (χ3v) is 2.40. The summed E-state index contributed by atoms with van der Waals surface area (Å²) in [5.74, 6) is -0.297. The van der Waals surface area contributed by atoms with Gasteiger partial charge in [0, 0.05) is 10.6 Å². The lowest BCUT2D eigenvalue weighted by molar-refractivity contribution is 0.626. The molecular weight excluding hydrogens is 239 g/mol. The first-order valence-corrected chi connectivity index (χ1v) is 5.43. The Kier molecular flexibility index (Phi) is 3.73. The van der Waals surface area contributed by atoms with Crippen LogP contribution in [0.5, 0.6) is 0 Å². The van der Waals surface area contributed by atoms with Gasteiger partial charge in [-0.05, 0) is 30.3 Å². The Morgan fingerprint density at radius 2 is 1.76 bits per heavy atom. The standard InChI is InChI=1S/C13H10ClFN2/c14-11-5-7-12(8-6-11)17-16-9-10-3-1-2-4-13(10)15/h1-9,17H/b16-9+. The van der Waals surface area contributed by atoms with E-state index in [1.54, 1.807) is 42.5 Å². The van der Waals surface area contributed by atoms with E-state index in [4.69, 9.17) is 11.6 Å². The summed E-state index contributed by atoms with van der Waals surface area (Å²) in [7, 11) is 0. The zero-order chi connectivity index (χ0) is 12.1. The Balaban J connectivity index is 2.03. The summed E-state index contributed by atoms with van der Waals surface area (Å²) in [6.45, 7) is 0. The lowest BCUT2D eigenvalue weighted by atomic mass is 10.2. The van der Waals surface area contributed by atoms with Crippen molar-refractivity contribution in [2.45, 2.75) is 0 Å². The second-order valence-corrected chi connectivity index (χ2v) is 3.83. The molecule has 0 saturated carbocycles. The number of hydrogen-bond donors (Lipinski definition) is 1. The Hall–Kier alpha value is -1.87. The summed E-state index contributed by atoms with van der Waals surface area (Å²) in [4.78, 5) is 0. The molecule has 1 N–H and O–H groups in total. The van der Waals surface area contributed by atoms with Crippen LogP contribution in [0.1, 0.15) is 5.56 Å². The molecule has 2 nitrogen and oxygen atoms in total. The topological polar surface area (TPSA) is 24.4 Å². The van der Waals surface area contributed by atoms with E-state index in [9.17, 15) is 4.39 Å². The third kappa shape index (κ3) is 3.29. The van der Waals surface area contributed by atoms with Gasteiger partial charge in [0.2, 0.25) is 0 Å². The SMILES string of the molecule is Fc1ccccc1/C=N/Nc1ccc(Cl)cc1. The zero-order valence-electron chi connectivity index (χ0n) is 8.90. The van der Waals surface area contributed by atoms with Crippen molar-refractivity contribution in [3.05, 3.63) is 64.9 Å². The summed E-state index contributed by atoms with van der Waals surface area (Å²) in [6, 6.07) is 13.5. The molecule has 0 atom stereocenters. The van der Waals surface area contributed by atoms with Crippen LogP contribution in [0.2, 0.25) is 5.02 Å². The first-order chi connectivity index (χ1) is 8.25. The second-order valence-electron chi connectivity index (χ2n) is 3.40. The number of nitrogens with zero attached hydrogens (tertiary/aromatic N) is 1. The molecule has 2 aromatic rings. The summed E-state index contributed by atoms with van der Waals surface area (Å²) in [6.07, 6.45) is 1.43. The van der Waals surface area contributed by atoms with E-state index in [0.717, 1.165) is 5.69 Å². The van der Waals surface area contributed by atoms with E-state index in [2.05, 4.69) is 10.5 Å². The van der Waals surface area contributed by atoms with E-state index in [1.807, 2.05) is 0 Å². The maximum Gasteiger partial charge on any atom is 0.132 e. The van der Waals surface area contributed by atoms with Gasteiger partial charge in [-0.3, -0.25) is 5.43 Å². The van der Waals surface area contributed by atoms with Crippen molar-refractivity contribution in [2.24, 2.45) is 5.10 Å². The van der Waals surface area contributed by atoms with Gasteiger partial charge in [0.1, 0.15) is 5.82 Å². The number of hydrazone groups is 1. The Labute approximate surface area is 104 Å². The van der Waals surface area contributed by atoms with E-state index < -0.39 is 0 Å². The average molecular weight is 249 g/mol. The molecule has 0 aliphatic heterocycles.